The van der Waals surface area contributed by atoms with Crippen molar-refractivity contribution in [2.75, 3.05) is 31.6 Å². The van der Waals surface area contributed by atoms with E-state index in [1.54, 1.807) is 0 Å². The summed E-state index contributed by atoms with van der Waals surface area (Å²) in [6, 6.07) is 0. The number of nitrogens with one attached hydrogen (secondary N) is 2. The summed E-state index contributed by atoms with van der Waals surface area (Å²) < 4.78 is 21.7. The van der Waals surface area contributed by atoms with Gasteiger partial charge in [0, 0.05) is 25.8 Å². The molecule has 17 heavy (non-hydrogen) atoms. The molecule has 0 radical (unpaired) electrons. The van der Waals surface area contributed by atoms with Gasteiger partial charge >= 0.3 is 0 Å². The maximum absolute atomic E-state index is 11.3. The van der Waals surface area contributed by atoms with Crippen molar-refractivity contribution >= 4 is 15.7 Å². The van der Waals surface area contributed by atoms with Gasteiger partial charge in [0.05, 0.1) is 5.75 Å². The molecule has 98 valence electrons. The number of rotatable bonds is 6. The van der Waals surface area contributed by atoms with Crippen molar-refractivity contribution in [2.45, 2.75) is 19.3 Å². The topological polar surface area (TPSA) is 75.3 Å². The quantitative estimate of drug-likeness (QED) is 0.651. The highest BCUT2D eigenvalue weighted by atomic mass is 32.2. The Morgan fingerprint density at radius 3 is 2.88 bits per heavy atom. The molecule has 0 saturated heterocycles. The van der Waals surface area contributed by atoms with Crippen LogP contribution in [0.3, 0.4) is 0 Å². The van der Waals surface area contributed by atoms with Crippen LogP contribution in [0.1, 0.15) is 19.3 Å². The Hall–Kier alpha value is -0.880. The molecule has 0 aromatic rings. The number of hydrogen-bond donors (Lipinski definition) is 2. The second kappa shape index (κ2) is 6.76. The Kier molecular flexibility index (Phi) is 5.64. The predicted molar refractivity (Wildman–Crippen MR) is 67.5 cm³/mol. The zero-order chi connectivity index (χ0) is 12.7. The maximum atomic E-state index is 11.3. The van der Waals surface area contributed by atoms with Gasteiger partial charge in [-0.25, -0.2) is 8.42 Å². The van der Waals surface area contributed by atoms with Crippen LogP contribution < -0.4 is 10.6 Å². The highest BCUT2D eigenvalue weighted by molar-refractivity contribution is 7.90. The molecule has 0 bridgehead atoms. The molecule has 2 N–H and O–H groups in total. The summed E-state index contributed by atoms with van der Waals surface area (Å²) in [5.41, 5.74) is 1.35. The third kappa shape index (κ3) is 7.12. The average molecular weight is 260 g/mol. The molecule has 5 nitrogen and oxygen atoms in total. The van der Waals surface area contributed by atoms with E-state index < -0.39 is 9.84 Å². The molecular weight excluding hydrogens is 240 g/mol. The molecule has 1 aliphatic heterocycles. The van der Waals surface area contributed by atoms with Crippen LogP contribution in [-0.4, -0.2) is 46.0 Å². The summed E-state index contributed by atoms with van der Waals surface area (Å²) >= 11 is 0. The minimum atomic E-state index is -3.05. The lowest BCUT2D eigenvalue weighted by atomic mass is 10.1. The predicted octanol–water partition coefficient (Wildman–Crippen LogP) is -0.153. The van der Waals surface area contributed by atoms with Crippen molar-refractivity contribution < 1.29 is 13.2 Å². The van der Waals surface area contributed by atoms with Crippen molar-refractivity contribution in [2.24, 2.45) is 0 Å². The summed E-state index contributed by atoms with van der Waals surface area (Å²) in [6.07, 6.45) is 5.22. The van der Waals surface area contributed by atoms with E-state index in [2.05, 4.69) is 16.7 Å². The minimum Gasteiger partial charge on any atom is -0.356 e. The first-order chi connectivity index (χ1) is 7.97. The van der Waals surface area contributed by atoms with Gasteiger partial charge < -0.3 is 10.6 Å². The fourth-order valence-electron chi connectivity index (χ4n) is 1.63. The first-order valence-corrected chi connectivity index (χ1v) is 7.86. The monoisotopic (exact) mass is 260 g/mol. The maximum Gasteiger partial charge on any atom is 0.221 e. The zero-order valence-corrected chi connectivity index (χ0v) is 11.0. The van der Waals surface area contributed by atoms with E-state index in [4.69, 9.17) is 0 Å². The Morgan fingerprint density at radius 2 is 2.29 bits per heavy atom. The minimum absolute atomic E-state index is 0.0550. The number of sulfone groups is 1. The third-order valence-electron chi connectivity index (χ3n) is 2.63. The molecule has 0 aromatic carbocycles. The van der Waals surface area contributed by atoms with Crippen LogP contribution in [0, 0.1) is 0 Å². The van der Waals surface area contributed by atoms with E-state index in [0.717, 1.165) is 32.2 Å². The van der Waals surface area contributed by atoms with Gasteiger partial charge in [0.15, 0.2) is 0 Å². The Balaban J connectivity index is 2.13. The largest absolute Gasteiger partial charge is 0.356 e. The van der Waals surface area contributed by atoms with Crippen LogP contribution in [0.15, 0.2) is 11.6 Å². The lowest BCUT2D eigenvalue weighted by Crippen LogP contribution is -2.27. The van der Waals surface area contributed by atoms with E-state index in [1.165, 1.54) is 5.57 Å². The average Bonchev–Trinajstić information content (AvgIpc) is 2.27. The van der Waals surface area contributed by atoms with Crippen molar-refractivity contribution in [1.82, 2.24) is 10.6 Å². The number of hydrogen-bond acceptors (Lipinski definition) is 4. The molecule has 0 atom stereocenters. The van der Waals surface area contributed by atoms with Gasteiger partial charge in [-0.2, -0.15) is 0 Å². The second-order valence-corrected chi connectivity index (χ2v) is 6.56. The van der Waals surface area contributed by atoms with Gasteiger partial charge in [-0.1, -0.05) is 11.6 Å². The Morgan fingerprint density at radius 1 is 1.53 bits per heavy atom. The van der Waals surface area contributed by atoms with E-state index in [1.807, 2.05) is 0 Å². The standard InChI is InChI=1S/C11H20N2O3S/c1-17(15,16)9-5-11(14)13-8-4-10-2-6-12-7-3-10/h2,12H,3-9H2,1H3,(H,13,14). The van der Waals surface area contributed by atoms with Crippen LogP contribution in [0.25, 0.3) is 0 Å². The fraction of sp³-hybridized carbons (Fsp3) is 0.727. The van der Waals surface area contributed by atoms with Gasteiger partial charge in [-0.05, 0) is 19.4 Å². The zero-order valence-electron chi connectivity index (χ0n) is 10.2. The van der Waals surface area contributed by atoms with Gasteiger partial charge in [0.2, 0.25) is 5.91 Å². The summed E-state index contributed by atoms with van der Waals surface area (Å²) in [5, 5.41) is 5.96. The molecule has 0 saturated carbocycles. The molecule has 1 rings (SSSR count). The van der Waals surface area contributed by atoms with Gasteiger partial charge in [0.1, 0.15) is 9.84 Å². The summed E-state index contributed by atoms with van der Waals surface area (Å²) in [4.78, 5) is 11.3. The first-order valence-electron chi connectivity index (χ1n) is 5.80. The molecule has 1 aliphatic rings. The lowest BCUT2D eigenvalue weighted by Gasteiger charge is -2.14. The van der Waals surface area contributed by atoms with Crippen molar-refractivity contribution in [3.63, 3.8) is 0 Å². The van der Waals surface area contributed by atoms with Gasteiger partial charge in [-0.3, -0.25) is 4.79 Å². The van der Waals surface area contributed by atoms with Gasteiger partial charge in [0.25, 0.3) is 0 Å². The first kappa shape index (κ1) is 14.2. The van der Waals surface area contributed by atoms with E-state index in [0.29, 0.717) is 6.54 Å². The molecule has 1 amide bonds. The van der Waals surface area contributed by atoms with E-state index in [9.17, 15) is 13.2 Å². The Bertz CT molecular complexity index is 388. The Labute approximate surface area is 103 Å². The normalized spacial score (nSPS) is 16.4. The van der Waals surface area contributed by atoms with E-state index in [-0.39, 0.29) is 18.1 Å². The fourth-order valence-corrected chi connectivity index (χ4v) is 2.18. The van der Waals surface area contributed by atoms with Crippen molar-refractivity contribution in [3.8, 4) is 0 Å². The lowest BCUT2D eigenvalue weighted by molar-refractivity contribution is -0.120. The van der Waals surface area contributed by atoms with Crippen molar-refractivity contribution in [1.29, 1.82) is 0 Å². The summed E-state index contributed by atoms with van der Waals surface area (Å²) in [7, 11) is -3.05. The summed E-state index contributed by atoms with van der Waals surface area (Å²) in [5.74, 6) is -0.268. The van der Waals surface area contributed by atoms with Gasteiger partial charge in [-0.15, -0.1) is 0 Å². The molecule has 0 fully saturated rings. The highest BCUT2D eigenvalue weighted by Crippen LogP contribution is 2.07. The molecule has 6 heteroatoms. The summed E-state index contributed by atoms with van der Waals surface area (Å²) in [6.45, 7) is 2.49. The van der Waals surface area contributed by atoms with E-state index >= 15 is 0 Å². The van der Waals surface area contributed by atoms with Crippen LogP contribution >= 0.6 is 0 Å². The molecule has 0 aliphatic carbocycles. The third-order valence-corrected chi connectivity index (χ3v) is 3.57. The molecule has 0 aromatic heterocycles. The molecule has 1 heterocycles. The number of carbonyl (C=O) groups excluding carboxylic acids is 1. The SMILES string of the molecule is CS(=O)(=O)CCC(=O)NCCC1=CCNCC1. The molecular formula is C11H20N2O3S. The highest BCUT2D eigenvalue weighted by Gasteiger charge is 2.08. The second-order valence-electron chi connectivity index (χ2n) is 4.30. The smallest absolute Gasteiger partial charge is 0.221 e. The molecule has 0 unspecified atom stereocenters. The van der Waals surface area contributed by atoms with Crippen LogP contribution in [0.4, 0.5) is 0 Å². The number of carbonyl (C=O) groups is 1. The van der Waals surface area contributed by atoms with Crippen LogP contribution in [0.5, 0.6) is 0 Å². The molecule has 0 spiro atoms. The van der Waals surface area contributed by atoms with Crippen LogP contribution in [0.2, 0.25) is 0 Å². The van der Waals surface area contributed by atoms with Crippen LogP contribution in [-0.2, 0) is 14.6 Å². The van der Waals surface area contributed by atoms with Crippen molar-refractivity contribution in [3.05, 3.63) is 11.6 Å². The number of amides is 1.